The van der Waals surface area contributed by atoms with E-state index in [1.54, 1.807) is 31.2 Å². The van der Waals surface area contributed by atoms with Crippen LogP contribution in [0, 0.1) is 23.5 Å². The number of ether oxygens (including phenoxy) is 2. The number of halogens is 2. The lowest BCUT2D eigenvalue weighted by Crippen LogP contribution is -2.14. The molecule has 2 atom stereocenters. The van der Waals surface area contributed by atoms with Gasteiger partial charge in [-0.25, -0.2) is 4.39 Å². The van der Waals surface area contributed by atoms with Gasteiger partial charge in [-0.1, -0.05) is 31.2 Å². The van der Waals surface area contributed by atoms with E-state index < -0.39 is 11.6 Å². The summed E-state index contributed by atoms with van der Waals surface area (Å²) in [5, 5.41) is 0. The third-order valence-electron chi connectivity index (χ3n) is 4.68. The monoisotopic (exact) mass is 358 g/mol. The first-order valence-corrected chi connectivity index (χ1v) is 9.10. The van der Waals surface area contributed by atoms with Crippen molar-refractivity contribution in [1.29, 1.82) is 0 Å². The molecule has 0 aromatic heterocycles. The second-order valence-corrected chi connectivity index (χ2v) is 6.71. The zero-order valence-corrected chi connectivity index (χ0v) is 15.2. The molecule has 0 amide bonds. The Hall–Kier alpha value is -2.36. The Bertz CT molecular complexity index is 768. The predicted octanol–water partition coefficient (Wildman–Crippen LogP) is 6.01. The summed E-state index contributed by atoms with van der Waals surface area (Å²) in [6.45, 7) is 4.87. The Morgan fingerprint density at radius 2 is 1.69 bits per heavy atom. The molecule has 0 saturated carbocycles. The molecule has 4 heteroatoms. The molecule has 0 saturated heterocycles. The standard InChI is InChI=1S/C22H24F2O2/c1-3-25-20-13-12-19(21(23)22(20)24)17-8-10-18(11-9-17)26-14-16-6-4-15(2)5-7-16/h4,6,8-13,15-16H,3,5,7,14H2,1-2H3. The molecule has 2 aromatic rings. The quantitative estimate of drug-likeness (QED) is 0.589. The lowest BCUT2D eigenvalue weighted by molar-refractivity contribution is 0.257. The highest BCUT2D eigenvalue weighted by molar-refractivity contribution is 5.66. The van der Waals surface area contributed by atoms with E-state index in [-0.39, 0.29) is 17.9 Å². The predicted molar refractivity (Wildman–Crippen MR) is 99.5 cm³/mol. The van der Waals surface area contributed by atoms with Gasteiger partial charge in [-0.3, -0.25) is 0 Å². The first-order valence-electron chi connectivity index (χ1n) is 9.10. The number of rotatable bonds is 6. The van der Waals surface area contributed by atoms with Crippen molar-refractivity contribution in [3.8, 4) is 22.6 Å². The van der Waals surface area contributed by atoms with Gasteiger partial charge in [0.1, 0.15) is 5.75 Å². The van der Waals surface area contributed by atoms with E-state index in [9.17, 15) is 8.78 Å². The van der Waals surface area contributed by atoms with Crippen LogP contribution in [0.15, 0.2) is 48.6 Å². The summed E-state index contributed by atoms with van der Waals surface area (Å²) in [5.41, 5.74) is 0.810. The van der Waals surface area contributed by atoms with E-state index >= 15 is 0 Å². The fourth-order valence-corrected chi connectivity index (χ4v) is 3.11. The van der Waals surface area contributed by atoms with Crippen LogP contribution < -0.4 is 9.47 Å². The molecule has 0 bridgehead atoms. The van der Waals surface area contributed by atoms with Gasteiger partial charge in [-0.2, -0.15) is 4.39 Å². The largest absolute Gasteiger partial charge is 0.493 e. The van der Waals surface area contributed by atoms with E-state index in [1.807, 2.05) is 0 Å². The van der Waals surface area contributed by atoms with Gasteiger partial charge < -0.3 is 9.47 Å². The van der Waals surface area contributed by atoms with Crippen LogP contribution in [-0.4, -0.2) is 13.2 Å². The second-order valence-electron chi connectivity index (χ2n) is 6.71. The normalized spacial score (nSPS) is 19.4. The average molecular weight is 358 g/mol. The Morgan fingerprint density at radius 1 is 0.923 bits per heavy atom. The summed E-state index contributed by atoms with van der Waals surface area (Å²) in [6, 6.07) is 10.1. The molecule has 2 aromatic carbocycles. The molecule has 138 valence electrons. The van der Waals surface area contributed by atoms with Gasteiger partial charge in [0.05, 0.1) is 13.2 Å². The molecule has 0 N–H and O–H groups in total. The number of hydrogen-bond donors (Lipinski definition) is 0. The van der Waals surface area contributed by atoms with Gasteiger partial charge in [0.15, 0.2) is 11.6 Å². The van der Waals surface area contributed by atoms with Crippen LogP contribution in [0.5, 0.6) is 11.5 Å². The number of allylic oxidation sites excluding steroid dienone is 1. The summed E-state index contributed by atoms with van der Waals surface area (Å²) >= 11 is 0. The van der Waals surface area contributed by atoms with Crippen molar-refractivity contribution in [2.45, 2.75) is 26.7 Å². The van der Waals surface area contributed by atoms with E-state index in [1.165, 1.54) is 18.6 Å². The van der Waals surface area contributed by atoms with Crippen LogP contribution in [-0.2, 0) is 0 Å². The highest BCUT2D eigenvalue weighted by atomic mass is 19.2. The van der Waals surface area contributed by atoms with Crippen LogP contribution >= 0.6 is 0 Å². The van der Waals surface area contributed by atoms with Crippen LogP contribution in [0.3, 0.4) is 0 Å². The van der Waals surface area contributed by atoms with Crippen molar-refractivity contribution in [1.82, 2.24) is 0 Å². The van der Waals surface area contributed by atoms with Crippen molar-refractivity contribution in [2.24, 2.45) is 11.8 Å². The maximum absolute atomic E-state index is 14.3. The van der Waals surface area contributed by atoms with Crippen molar-refractivity contribution in [3.05, 3.63) is 60.2 Å². The zero-order chi connectivity index (χ0) is 18.5. The lowest BCUT2D eigenvalue weighted by atomic mass is 9.90. The molecular weight excluding hydrogens is 334 g/mol. The maximum Gasteiger partial charge on any atom is 0.201 e. The van der Waals surface area contributed by atoms with E-state index in [4.69, 9.17) is 9.47 Å². The number of benzene rings is 2. The molecule has 1 aliphatic carbocycles. The molecule has 0 aliphatic heterocycles. The third-order valence-corrected chi connectivity index (χ3v) is 4.68. The Morgan fingerprint density at radius 3 is 2.35 bits per heavy atom. The van der Waals surface area contributed by atoms with Crippen molar-refractivity contribution in [3.63, 3.8) is 0 Å². The minimum atomic E-state index is -0.956. The lowest BCUT2D eigenvalue weighted by Gasteiger charge is -2.20. The van der Waals surface area contributed by atoms with Crippen LogP contribution in [0.25, 0.3) is 11.1 Å². The SMILES string of the molecule is CCOc1ccc(-c2ccc(OCC3C=CC(C)CC3)cc2)c(F)c1F. The maximum atomic E-state index is 14.3. The summed E-state index contributed by atoms with van der Waals surface area (Å²) in [5.74, 6) is -0.108. The Kier molecular flexibility index (Phi) is 5.92. The third kappa shape index (κ3) is 4.24. The Labute approximate surface area is 153 Å². The molecule has 0 heterocycles. The van der Waals surface area contributed by atoms with Gasteiger partial charge in [-0.15, -0.1) is 0 Å². The van der Waals surface area contributed by atoms with E-state index in [0.717, 1.165) is 12.2 Å². The second kappa shape index (κ2) is 8.35. The van der Waals surface area contributed by atoms with Gasteiger partial charge in [0, 0.05) is 11.5 Å². The van der Waals surface area contributed by atoms with E-state index in [2.05, 4.69) is 19.1 Å². The molecule has 2 unspecified atom stereocenters. The summed E-state index contributed by atoms with van der Waals surface area (Å²) < 4.78 is 39.3. The highest BCUT2D eigenvalue weighted by Gasteiger charge is 2.16. The van der Waals surface area contributed by atoms with Crippen LogP contribution in [0.1, 0.15) is 26.7 Å². The number of hydrogen-bond acceptors (Lipinski definition) is 2. The first kappa shape index (κ1) is 18.4. The molecule has 0 fully saturated rings. The first-order chi connectivity index (χ1) is 12.6. The van der Waals surface area contributed by atoms with Gasteiger partial charge in [-0.05, 0) is 55.5 Å². The molecule has 26 heavy (non-hydrogen) atoms. The minimum absolute atomic E-state index is 0.0661. The van der Waals surface area contributed by atoms with Crippen LogP contribution in [0.4, 0.5) is 8.78 Å². The Balaban J connectivity index is 1.68. The van der Waals surface area contributed by atoms with E-state index in [0.29, 0.717) is 24.0 Å². The zero-order valence-electron chi connectivity index (χ0n) is 15.2. The fraction of sp³-hybridized carbons (Fsp3) is 0.364. The topological polar surface area (TPSA) is 18.5 Å². The summed E-state index contributed by atoms with van der Waals surface area (Å²) in [7, 11) is 0. The van der Waals surface area contributed by atoms with Crippen molar-refractivity contribution >= 4 is 0 Å². The molecule has 0 spiro atoms. The fourth-order valence-electron chi connectivity index (χ4n) is 3.11. The van der Waals surface area contributed by atoms with Crippen molar-refractivity contribution < 1.29 is 18.3 Å². The van der Waals surface area contributed by atoms with Gasteiger partial charge in [0.25, 0.3) is 0 Å². The van der Waals surface area contributed by atoms with Gasteiger partial charge in [0.2, 0.25) is 5.82 Å². The molecule has 3 rings (SSSR count). The summed E-state index contributed by atoms with van der Waals surface area (Å²) in [6.07, 6.45) is 6.78. The molecular formula is C22H24F2O2. The van der Waals surface area contributed by atoms with Crippen LogP contribution in [0.2, 0.25) is 0 Å². The average Bonchev–Trinajstić information content (AvgIpc) is 2.66. The highest BCUT2D eigenvalue weighted by Crippen LogP contribution is 2.31. The smallest absolute Gasteiger partial charge is 0.201 e. The van der Waals surface area contributed by atoms with Gasteiger partial charge >= 0.3 is 0 Å². The molecule has 0 radical (unpaired) electrons. The molecule has 2 nitrogen and oxygen atoms in total. The summed E-state index contributed by atoms with van der Waals surface area (Å²) in [4.78, 5) is 0. The minimum Gasteiger partial charge on any atom is -0.493 e. The molecule has 1 aliphatic rings. The van der Waals surface area contributed by atoms with Crippen molar-refractivity contribution in [2.75, 3.05) is 13.2 Å².